The number of rotatable bonds is 4. The molecule has 2 aliphatic rings. The van der Waals surface area contributed by atoms with Crippen LogP contribution in [-0.4, -0.2) is 34.7 Å². The third kappa shape index (κ3) is 5.96. The molecule has 40 heavy (non-hydrogen) atoms. The molecule has 4 bridgehead atoms. The highest BCUT2D eigenvalue weighted by atomic mass is 16.5. The maximum atomic E-state index is 13.9. The molecular formula is C30H29N5O5. The molecule has 2 atom stereocenters. The number of carboxylic acid groups (broad SMARTS) is 1. The van der Waals surface area contributed by atoms with Crippen molar-refractivity contribution in [2.45, 2.75) is 31.8 Å². The molecule has 0 aliphatic carbocycles. The molecular weight excluding hydrogens is 510 g/mol. The largest absolute Gasteiger partial charge is 0.481 e. The molecule has 1 aromatic heterocycles. The van der Waals surface area contributed by atoms with E-state index in [1.165, 1.54) is 0 Å². The number of hydrogen-bond acceptors (Lipinski definition) is 7. The van der Waals surface area contributed by atoms with Gasteiger partial charge >= 0.3 is 12.1 Å². The molecule has 6 N–H and O–H groups in total. The van der Waals surface area contributed by atoms with E-state index in [9.17, 15) is 19.5 Å². The zero-order valence-electron chi connectivity index (χ0n) is 21.8. The number of anilines is 3. The Bertz CT molecular complexity index is 1600. The number of aliphatic carboxylic acids is 1. The molecule has 1 unspecified atom stereocenters. The third-order valence-electron chi connectivity index (χ3n) is 6.90. The minimum absolute atomic E-state index is 0.171. The van der Waals surface area contributed by atoms with E-state index in [4.69, 9.17) is 10.5 Å². The number of fused-ring (bicyclic) bond motifs is 10. The Morgan fingerprint density at radius 3 is 2.75 bits per heavy atom. The molecule has 0 fully saturated rings. The van der Waals surface area contributed by atoms with Crippen molar-refractivity contribution in [2.75, 3.05) is 23.0 Å². The number of hydrogen-bond donors (Lipinski definition) is 5. The molecule has 2 amide bonds. The number of nitrogen functional groups attached to an aromatic ring is 1. The average Bonchev–Trinajstić information content (AvgIpc) is 2.92. The Hall–Kier alpha value is -5.12. The van der Waals surface area contributed by atoms with E-state index in [-0.39, 0.29) is 13.0 Å². The van der Waals surface area contributed by atoms with Gasteiger partial charge in [-0.1, -0.05) is 30.3 Å². The lowest BCUT2D eigenvalue weighted by atomic mass is 9.96. The van der Waals surface area contributed by atoms with Crippen molar-refractivity contribution in [1.82, 2.24) is 10.3 Å². The molecule has 0 saturated heterocycles. The van der Waals surface area contributed by atoms with E-state index in [1.54, 1.807) is 30.5 Å². The predicted molar refractivity (Wildman–Crippen MR) is 152 cm³/mol. The van der Waals surface area contributed by atoms with Crippen LogP contribution >= 0.6 is 0 Å². The zero-order chi connectivity index (χ0) is 28.2. The lowest BCUT2D eigenvalue weighted by molar-refractivity contribution is -0.137. The SMILES string of the molecule is Cc1cc2ccc1CCOC(=O)Nc1cccc(c1)[C@H](CC(=O)O)NC(=O)C2Nc1ccc2c(N)nccc2c1. The third-order valence-corrected chi connectivity index (χ3v) is 6.90. The molecule has 3 aromatic carbocycles. The number of carbonyl (C=O) groups excluding carboxylic acids is 2. The number of carboxylic acids is 1. The van der Waals surface area contributed by atoms with E-state index in [1.807, 2.05) is 49.4 Å². The Kier molecular flexibility index (Phi) is 7.50. The summed E-state index contributed by atoms with van der Waals surface area (Å²) in [4.78, 5) is 42.1. The summed E-state index contributed by atoms with van der Waals surface area (Å²) in [5.74, 6) is -1.07. The van der Waals surface area contributed by atoms with Gasteiger partial charge in [-0.25, -0.2) is 9.78 Å². The van der Waals surface area contributed by atoms with Gasteiger partial charge in [0.05, 0.1) is 19.1 Å². The summed E-state index contributed by atoms with van der Waals surface area (Å²) in [7, 11) is 0. The number of aryl methyl sites for hydroxylation is 1. The van der Waals surface area contributed by atoms with Crippen molar-refractivity contribution in [1.29, 1.82) is 0 Å². The van der Waals surface area contributed by atoms with E-state index in [0.29, 0.717) is 34.7 Å². The summed E-state index contributed by atoms with van der Waals surface area (Å²) in [5.41, 5.74) is 10.2. The number of carbonyl (C=O) groups is 3. The number of nitrogens with zero attached hydrogens (tertiary/aromatic N) is 1. The monoisotopic (exact) mass is 539 g/mol. The van der Waals surface area contributed by atoms with E-state index < -0.39 is 30.1 Å². The van der Waals surface area contributed by atoms with Gasteiger partial charge in [0.2, 0.25) is 5.91 Å². The van der Waals surface area contributed by atoms with Crippen molar-refractivity contribution in [2.24, 2.45) is 0 Å². The number of aromatic nitrogens is 1. The first kappa shape index (κ1) is 26.5. The number of amides is 2. The van der Waals surface area contributed by atoms with Crippen LogP contribution in [0.1, 0.15) is 40.8 Å². The lowest BCUT2D eigenvalue weighted by Gasteiger charge is -2.25. The smallest absolute Gasteiger partial charge is 0.411 e. The van der Waals surface area contributed by atoms with Crippen LogP contribution in [0.15, 0.2) is 72.9 Å². The average molecular weight is 540 g/mol. The van der Waals surface area contributed by atoms with Crippen molar-refractivity contribution in [3.63, 3.8) is 0 Å². The molecule has 0 radical (unpaired) electrons. The van der Waals surface area contributed by atoms with Crippen molar-refractivity contribution in [3.8, 4) is 0 Å². The molecule has 4 aromatic rings. The van der Waals surface area contributed by atoms with Crippen LogP contribution in [0.4, 0.5) is 22.0 Å². The van der Waals surface area contributed by atoms with Gasteiger partial charge in [0.15, 0.2) is 0 Å². The van der Waals surface area contributed by atoms with Gasteiger partial charge in [0.25, 0.3) is 0 Å². The van der Waals surface area contributed by atoms with Gasteiger partial charge < -0.3 is 26.2 Å². The van der Waals surface area contributed by atoms with Crippen molar-refractivity contribution in [3.05, 3.63) is 95.2 Å². The molecule has 10 heteroatoms. The van der Waals surface area contributed by atoms with Crippen LogP contribution in [0.2, 0.25) is 0 Å². The second-order valence-corrected chi connectivity index (χ2v) is 9.69. The minimum Gasteiger partial charge on any atom is -0.481 e. The Labute approximate surface area is 230 Å². The van der Waals surface area contributed by atoms with Crippen LogP contribution < -0.4 is 21.7 Å². The quantitative estimate of drug-likeness (QED) is 0.250. The fraction of sp³-hybridized carbons (Fsp3) is 0.200. The normalized spacial score (nSPS) is 17.5. The first-order valence-electron chi connectivity index (χ1n) is 12.8. The Morgan fingerprint density at radius 2 is 1.95 bits per heavy atom. The summed E-state index contributed by atoms with van der Waals surface area (Å²) in [6.07, 6.45) is 1.16. The first-order valence-corrected chi connectivity index (χ1v) is 12.8. The molecule has 204 valence electrons. The summed E-state index contributed by atoms with van der Waals surface area (Å²) in [6.45, 7) is 2.10. The number of nitrogens with one attached hydrogen (secondary N) is 3. The fourth-order valence-electron chi connectivity index (χ4n) is 4.86. The van der Waals surface area contributed by atoms with Crippen LogP contribution in [0.25, 0.3) is 10.8 Å². The van der Waals surface area contributed by atoms with Gasteiger partial charge in [-0.2, -0.15) is 0 Å². The second-order valence-electron chi connectivity index (χ2n) is 9.69. The highest BCUT2D eigenvalue weighted by molar-refractivity contribution is 5.94. The number of pyridine rings is 1. The topological polar surface area (TPSA) is 156 Å². The van der Waals surface area contributed by atoms with Crippen molar-refractivity contribution >= 4 is 45.9 Å². The fourth-order valence-corrected chi connectivity index (χ4v) is 4.86. The molecule has 0 spiro atoms. The highest BCUT2D eigenvalue weighted by Gasteiger charge is 2.26. The Balaban J connectivity index is 1.56. The maximum Gasteiger partial charge on any atom is 0.411 e. The molecule has 2 aliphatic heterocycles. The zero-order valence-corrected chi connectivity index (χ0v) is 21.8. The number of ether oxygens (including phenoxy) is 1. The van der Waals surface area contributed by atoms with E-state index in [0.717, 1.165) is 21.9 Å². The van der Waals surface area contributed by atoms with Gasteiger partial charge in [-0.05, 0) is 71.0 Å². The van der Waals surface area contributed by atoms with E-state index >= 15 is 0 Å². The molecule has 10 nitrogen and oxygen atoms in total. The standard InChI is InChI=1S/C30H29N5O5/c1-17-13-21-6-5-18(17)10-12-40-30(39)34-22-4-2-3-20(15-22)25(16-26(36)37)35-29(38)27(21)33-23-7-8-24-19(14-23)9-11-32-28(24)31/h2-9,11,13-15,25,27,33H,10,12,16H2,1H3,(H2,31,32)(H,34,39)(H,35,38)(H,36,37)/t25-,27?/m0/s1. The summed E-state index contributed by atoms with van der Waals surface area (Å²) in [5, 5.41) is 20.2. The molecule has 6 rings (SSSR count). The van der Waals surface area contributed by atoms with E-state index in [2.05, 4.69) is 20.9 Å². The van der Waals surface area contributed by atoms with Crippen LogP contribution in [0.5, 0.6) is 0 Å². The second kappa shape index (κ2) is 11.3. The van der Waals surface area contributed by atoms with Gasteiger partial charge in [0.1, 0.15) is 11.9 Å². The highest BCUT2D eigenvalue weighted by Crippen LogP contribution is 2.29. The molecule has 3 heterocycles. The predicted octanol–water partition coefficient (Wildman–Crippen LogP) is 4.72. The molecule has 0 saturated carbocycles. The summed E-state index contributed by atoms with van der Waals surface area (Å²) < 4.78 is 5.36. The van der Waals surface area contributed by atoms with Gasteiger partial charge in [-0.3, -0.25) is 14.9 Å². The lowest BCUT2D eigenvalue weighted by Crippen LogP contribution is -2.37. The summed E-state index contributed by atoms with van der Waals surface area (Å²) in [6, 6.07) is 18.0. The minimum atomic E-state index is -1.08. The van der Waals surface area contributed by atoms with Crippen LogP contribution in [0.3, 0.4) is 0 Å². The maximum absolute atomic E-state index is 13.9. The number of nitrogens with two attached hydrogens (primary N) is 1. The first-order chi connectivity index (χ1) is 19.3. The summed E-state index contributed by atoms with van der Waals surface area (Å²) >= 11 is 0. The van der Waals surface area contributed by atoms with Crippen LogP contribution in [-0.2, 0) is 20.7 Å². The number of benzene rings is 3. The van der Waals surface area contributed by atoms with Crippen molar-refractivity contribution < 1.29 is 24.2 Å². The van der Waals surface area contributed by atoms with Crippen LogP contribution in [0, 0.1) is 6.92 Å². The van der Waals surface area contributed by atoms with Gasteiger partial charge in [0, 0.05) is 29.4 Å². The van der Waals surface area contributed by atoms with Gasteiger partial charge in [-0.15, -0.1) is 0 Å². The Morgan fingerprint density at radius 1 is 1.10 bits per heavy atom.